The minimum atomic E-state index is -0.723. The van der Waals surface area contributed by atoms with Crippen molar-refractivity contribution in [3.05, 3.63) is 0 Å². The van der Waals surface area contributed by atoms with Gasteiger partial charge in [0, 0.05) is 13.1 Å². The Morgan fingerprint density at radius 1 is 1.10 bits per heavy atom. The van der Waals surface area contributed by atoms with E-state index >= 15 is 0 Å². The maximum absolute atomic E-state index is 10.1. The lowest BCUT2D eigenvalue weighted by molar-refractivity contribution is -0.0126. The molecule has 0 saturated carbocycles. The zero-order chi connectivity index (χ0) is 15.8. The van der Waals surface area contributed by atoms with E-state index in [2.05, 4.69) is 33.0 Å². The first-order valence-corrected chi connectivity index (χ1v) is 7.85. The van der Waals surface area contributed by atoms with Crippen LogP contribution in [0.5, 0.6) is 0 Å². The fourth-order valence-electron chi connectivity index (χ4n) is 2.53. The summed E-state index contributed by atoms with van der Waals surface area (Å²) in [5, 5.41) is 23.1. The molecule has 0 aliphatic carbocycles. The third kappa shape index (κ3) is 11.6. The van der Waals surface area contributed by atoms with Crippen LogP contribution in [0.2, 0.25) is 0 Å². The fraction of sp³-hybridized carbons (Fsp3) is 1.00. The van der Waals surface area contributed by atoms with Crippen molar-refractivity contribution >= 4 is 0 Å². The van der Waals surface area contributed by atoms with Crippen molar-refractivity contribution in [2.24, 2.45) is 11.8 Å². The number of hydrogen-bond donors (Lipinski definition) is 3. The zero-order valence-electron chi connectivity index (χ0n) is 14.1. The first kappa shape index (κ1) is 19.8. The molecule has 4 nitrogen and oxygen atoms in total. The van der Waals surface area contributed by atoms with Crippen LogP contribution in [0.25, 0.3) is 0 Å². The molecular weight excluding hydrogens is 254 g/mol. The standard InChI is InChI=1S/C16H35NO3/c1-12(2)7-14(5)20-10-15(18)9-17-11-16(6,19)8-13(3)4/h12-15,17-19H,7-11H2,1-6H3. The third-order valence-corrected chi connectivity index (χ3v) is 3.11. The summed E-state index contributed by atoms with van der Waals surface area (Å²) < 4.78 is 5.61. The van der Waals surface area contributed by atoms with Crippen LogP contribution in [0.4, 0.5) is 0 Å². The summed E-state index contributed by atoms with van der Waals surface area (Å²) in [5.41, 5.74) is -0.723. The number of rotatable bonds is 11. The summed E-state index contributed by atoms with van der Waals surface area (Å²) in [6.07, 6.45) is 1.40. The molecular formula is C16H35NO3. The van der Waals surface area contributed by atoms with E-state index in [1.54, 1.807) is 0 Å². The van der Waals surface area contributed by atoms with Gasteiger partial charge in [0.25, 0.3) is 0 Å². The Morgan fingerprint density at radius 3 is 2.20 bits per heavy atom. The van der Waals surface area contributed by atoms with Crippen molar-refractivity contribution in [2.45, 2.75) is 72.2 Å². The molecule has 3 atom stereocenters. The Kier molecular flexibility index (Phi) is 9.64. The summed E-state index contributed by atoms with van der Waals surface area (Å²) >= 11 is 0. The first-order chi connectivity index (χ1) is 9.12. The molecule has 3 unspecified atom stereocenters. The van der Waals surface area contributed by atoms with Crippen LogP contribution in [0.1, 0.15) is 54.4 Å². The smallest absolute Gasteiger partial charge is 0.0897 e. The van der Waals surface area contributed by atoms with Crippen molar-refractivity contribution in [1.82, 2.24) is 5.32 Å². The largest absolute Gasteiger partial charge is 0.389 e. The molecule has 0 aliphatic rings. The van der Waals surface area contributed by atoms with Gasteiger partial charge in [-0.25, -0.2) is 0 Å². The number of ether oxygens (including phenoxy) is 1. The van der Waals surface area contributed by atoms with E-state index in [9.17, 15) is 10.2 Å². The highest BCUT2D eigenvalue weighted by molar-refractivity contribution is 4.77. The molecule has 0 aromatic carbocycles. The first-order valence-electron chi connectivity index (χ1n) is 7.85. The van der Waals surface area contributed by atoms with Crippen molar-refractivity contribution < 1.29 is 14.9 Å². The van der Waals surface area contributed by atoms with Crippen LogP contribution < -0.4 is 5.32 Å². The monoisotopic (exact) mass is 289 g/mol. The van der Waals surface area contributed by atoms with Gasteiger partial charge in [0.1, 0.15) is 0 Å². The molecule has 0 fully saturated rings. The Labute approximate surface area is 124 Å². The number of hydrogen-bond acceptors (Lipinski definition) is 4. The minimum Gasteiger partial charge on any atom is -0.389 e. The molecule has 3 N–H and O–H groups in total. The quantitative estimate of drug-likeness (QED) is 0.545. The predicted octanol–water partition coefficient (Wildman–Crippen LogP) is 2.19. The van der Waals surface area contributed by atoms with Crippen LogP contribution >= 0.6 is 0 Å². The molecule has 0 aromatic rings. The number of nitrogens with one attached hydrogen (secondary N) is 1. The van der Waals surface area contributed by atoms with E-state index in [-0.39, 0.29) is 6.10 Å². The number of aliphatic hydroxyl groups excluding tert-OH is 1. The maximum atomic E-state index is 10.1. The predicted molar refractivity (Wildman–Crippen MR) is 83.8 cm³/mol. The minimum absolute atomic E-state index is 0.175. The Bertz CT molecular complexity index is 242. The number of aliphatic hydroxyl groups is 2. The Balaban J connectivity index is 3.75. The van der Waals surface area contributed by atoms with E-state index in [1.807, 2.05) is 13.8 Å². The van der Waals surface area contributed by atoms with Crippen molar-refractivity contribution in [3.63, 3.8) is 0 Å². The van der Waals surface area contributed by atoms with Gasteiger partial charge in [-0.05, 0) is 38.5 Å². The highest BCUT2D eigenvalue weighted by Crippen LogP contribution is 2.15. The van der Waals surface area contributed by atoms with Gasteiger partial charge in [-0.15, -0.1) is 0 Å². The molecule has 20 heavy (non-hydrogen) atoms. The molecule has 0 amide bonds. The third-order valence-electron chi connectivity index (χ3n) is 3.11. The van der Waals surface area contributed by atoms with E-state index in [1.165, 1.54) is 0 Å². The lowest BCUT2D eigenvalue weighted by Crippen LogP contribution is -2.42. The van der Waals surface area contributed by atoms with Crippen molar-refractivity contribution in [3.8, 4) is 0 Å². The van der Waals surface area contributed by atoms with Gasteiger partial charge in [0.15, 0.2) is 0 Å². The summed E-state index contributed by atoms with van der Waals surface area (Å²) in [4.78, 5) is 0. The topological polar surface area (TPSA) is 61.7 Å². The highest BCUT2D eigenvalue weighted by atomic mass is 16.5. The van der Waals surface area contributed by atoms with E-state index in [0.29, 0.717) is 31.5 Å². The highest BCUT2D eigenvalue weighted by Gasteiger charge is 2.21. The van der Waals surface area contributed by atoms with Crippen LogP contribution in [-0.4, -0.2) is 47.7 Å². The van der Waals surface area contributed by atoms with Gasteiger partial charge < -0.3 is 20.3 Å². The van der Waals surface area contributed by atoms with E-state index in [4.69, 9.17) is 4.74 Å². The molecule has 0 rings (SSSR count). The Hall–Kier alpha value is -0.160. The van der Waals surface area contributed by atoms with Crippen LogP contribution in [0, 0.1) is 11.8 Å². The molecule has 0 spiro atoms. The summed E-state index contributed by atoms with van der Waals surface area (Å²) in [6.45, 7) is 13.6. The Morgan fingerprint density at radius 2 is 1.70 bits per heavy atom. The lowest BCUT2D eigenvalue weighted by Gasteiger charge is -2.26. The molecule has 0 heterocycles. The molecule has 0 saturated heterocycles. The zero-order valence-corrected chi connectivity index (χ0v) is 14.1. The second-order valence-corrected chi connectivity index (χ2v) is 7.15. The second kappa shape index (κ2) is 9.72. The molecule has 0 aromatic heterocycles. The summed E-state index contributed by atoms with van der Waals surface area (Å²) in [7, 11) is 0. The van der Waals surface area contributed by atoms with E-state index in [0.717, 1.165) is 12.8 Å². The van der Waals surface area contributed by atoms with Gasteiger partial charge in [-0.3, -0.25) is 0 Å². The van der Waals surface area contributed by atoms with Gasteiger partial charge in [0.05, 0.1) is 24.4 Å². The van der Waals surface area contributed by atoms with Gasteiger partial charge >= 0.3 is 0 Å². The van der Waals surface area contributed by atoms with Gasteiger partial charge in [0.2, 0.25) is 0 Å². The average Bonchev–Trinajstić information content (AvgIpc) is 2.23. The van der Waals surface area contributed by atoms with Gasteiger partial charge in [-0.1, -0.05) is 27.7 Å². The molecule has 4 heteroatoms. The maximum Gasteiger partial charge on any atom is 0.0897 e. The van der Waals surface area contributed by atoms with E-state index < -0.39 is 11.7 Å². The van der Waals surface area contributed by atoms with Crippen molar-refractivity contribution in [2.75, 3.05) is 19.7 Å². The average molecular weight is 289 g/mol. The lowest BCUT2D eigenvalue weighted by atomic mass is 9.94. The van der Waals surface area contributed by atoms with Crippen molar-refractivity contribution in [1.29, 1.82) is 0 Å². The fourth-order valence-corrected chi connectivity index (χ4v) is 2.53. The van der Waals surface area contributed by atoms with Crippen LogP contribution in [-0.2, 0) is 4.74 Å². The van der Waals surface area contributed by atoms with Crippen LogP contribution in [0.3, 0.4) is 0 Å². The second-order valence-electron chi connectivity index (χ2n) is 7.15. The molecule has 0 aliphatic heterocycles. The SMILES string of the molecule is CC(C)CC(C)OCC(O)CNCC(C)(O)CC(C)C. The molecule has 0 radical (unpaired) electrons. The van der Waals surface area contributed by atoms with Crippen LogP contribution in [0.15, 0.2) is 0 Å². The normalized spacial score (nSPS) is 18.3. The van der Waals surface area contributed by atoms with Gasteiger partial charge in [-0.2, -0.15) is 0 Å². The summed E-state index contributed by atoms with van der Waals surface area (Å²) in [6, 6.07) is 0. The molecule has 122 valence electrons. The summed E-state index contributed by atoms with van der Waals surface area (Å²) in [5.74, 6) is 1.06. The molecule has 0 bridgehead atoms.